The smallest absolute Gasteiger partial charge is 0.410 e. The fraction of sp³-hybridized carbons (Fsp3) is 0.629. The van der Waals surface area contributed by atoms with Crippen LogP contribution in [0.15, 0.2) is 42.0 Å². The minimum atomic E-state index is -0.861. The molecule has 1 aromatic carbocycles. The Labute approximate surface area is 272 Å². The molecule has 3 aliphatic heterocycles. The molecule has 0 spiro atoms. The number of aliphatic hydroxyl groups is 2. The number of carbonyl (C=O) groups excluding carboxylic acids is 3. The van der Waals surface area contributed by atoms with Crippen LogP contribution in [0.2, 0.25) is 0 Å². The number of benzene rings is 1. The van der Waals surface area contributed by atoms with Crippen LogP contribution >= 0.6 is 0 Å². The van der Waals surface area contributed by atoms with Crippen molar-refractivity contribution in [3.05, 3.63) is 53.1 Å². The molecule has 46 heavy (non-hydrogen) atoms. The first-order valence-electron chi connectivity index (χ1n) is 16.6. The summed E-state index contributed by atoms with van der Waals surface area (Å²) in [6.07, 6.45) is 5.50. The predicted molar refractivity (Wildman–Crippen MR) is 174 cm³/mol. The number of amides is 2. The Balaban J connectivity index is 1.48. The zero-order valence-corrected chi connectivity index (χ0v) is 27.7. The summed E-state index contributed by atoms with van der Waals surface area (Å²) >= 11 is 0. The quantitative estimate of drug-likeness (QED) is 0.267. The van der Waals surface area contributed by atoms with Crippen LogP contribution in [0.25, 0.3) is 6.08 Å². The van der Waals surface area contributed by atoms with Gasteiger partial charge < -0.3 is 39.1 Å². The average Bonchev–Trinajstić information content (AvgIpc) is 3.52. The number of nitrogens with zero attached hydrogens (tertiary/aromatic N) is 3. The van der Waals surface area contributed by atoms with Crippen molar-refractivity contribution < 1.29 is 38.8 Å². The summed E-state index contributed by atoms with van der Waals surface area (Å²) in [5.41, 5.74) is 2.46. The van der Waals surface area contributed by atoms with E-state index >= 15 is 0 Å². The number of cyclic esters (lactones) is 1. The van der Waals surface area contributed by atoms with Gasteiger partial charge in [0.05, 0.1) is 25.2 Å². The first-order chi connectivity index (χ1) is 22.0. The molecule has 1 aromatic rings. The minimum Gasteiger partial charge on any atom is -0.457 e. The molecule has 4 rings (SSSR count). The number of likely N-dealkylation sites (tertiary alicyclic amines) is 1. The van der Waals surface area contributed by atoms with Crippen molar-refractivity contribution in [3.8, 4) is 0 Å². The van der Waals surface area contributed by atoms with Gasteiger partial charge in [-0.2, -0.15) is 0 Å². The standard InChI is InChI=1S/C35H51N3O8/c1-24-10-12-30(40)21-32(41)46-33(25(2)11-13-31(24)45-34(42)37-17-15-36(4)16-18-37)26(3)19-27-7-5-8-28(20-27)23-44-35(43)38-14-6-9-29(38)22-39/h5,7-8,11,13,19-20,24-25,29-31,33,39-40H,6,9-10,12,14-18,21-23H2,1-4H3/b13-11+,26-19+/t24-,25-,29+,30+,31-,33-/m0/s1. The monoisotopic (exact) mass is 641 g/mol. The maximum Gasteiger partial charge on any atom is 0.410 e. The molecule has 11 nitrogen and oxygen atoms in total. The Morgan fingerprint density at radius 3 is 2.54 bits per heavy atom. The number of hydrogen-bond donors (Lipinski definition) is 2. The van der Waals surface area contributed by atoms with Crippen LogP contribution in [-0.2, 0) is 25.6 Å². The first-order valence-corrected chi connectivity index (χ1v) is 16.6. The van der Waals surface area contributed by atoms with Crippen molar-refractivity contribution in [2.75, 3.05) is 46.4 Å². The summed E-state index contributed by atoms with van der Waals surface area (Å²) in [5, 5.41) is 20.1. The summed E-state index contributed by atoms with van der Waals surface area (Å²) < 4.78 is 17.5. The van der Waals surface area contributed by atoms with Crippen molar-refractivity contribution in [1.29, 1.82) is 0 Å². The van der Waals surface area contributed by atoms with Gasteiger partial charge in [-0.15, -0.1) is 0 Å². The summed E-state index contributed by atoms with van der Waals surface area (Å²) in [6.45, 7) is 9.26. The lowest BCUT2D eigenvalue weighted by Gasteiger charge is -2.33. The van der Waals surface area contributed by atoms with Gasteiger partial charge in [0.1, 0.15) is 18.8 Å². The van der Waals surface area contributed by atoms with E-state index in [1.807, 2.05) is 70.3 Å². The van der Waals surface area contributed by atoms with Gasteiger partial charge >= 0.3 is 18.2 Å². The van der Waals surface area contributed by atoms with Crippen LogP contribution in [0.5, 0.6) is 0 Å². The average molecular weight is 642 g/mol. The second-order valence-electron chi connectivity index (χ2n) is 13.1. The molecule has 2 amide bonds. The minimum absolute atomic E-state index is 0.0584. The highest BCUT2D eigenvalue weighted by Crippen LogP contribution is 2.26. The highest BCUT2D eigenvalue weighted by Gasteiger charge is 2.30. The number of ether oxygens (including phenoxy) is 3. The molecule has 2 fully saturated rings. The second kappa shape index (κ2) is 16.9. The van der Waals surface area contributed by atoms with Gasteiger partial charge in [0, 0.05) is 38.6 Å². The maximum atomic E-state index is 13.0. The third-order valence-electron chi connectivity index (χ3n) is 9.24. The van der Waals surface area contributed by atoms with E-state index in [4.69, 9.17) is 14.2 Å². The van der Waals surface area contributed by atoms with Crippen LogP contribution in [0.3, 0.4) is 0 Å². The number of carbonyl (C=O) groups is 3. The van der Waals surface area contributed by atoms with E-state index in [9.17, 15) is 24.6 Å². The molecule has 0 saturated carbocycles. The topological polar surface area (TPSA) is 129 Å². The van der Waals surface area contributed by atoms with Crippen molar-refractivity contribution in [1.82, 2.24) is 14.7 Å². The highest BCUT2D eigenvalue weighted by atomic mass is 16.6. The molecule has 6 atom stereocenters. The summed E-state index contributed by atoms with van der Waals surface area (Å²) in [7, 11) is 2.03. The fourth-order valence-corrected chi connectivity index (χ4v) is 6.24. The third kappa shape index (κ3) is 10.0. The molecule has 0 unspecified atom stereocenters. The fourth-order valence-electron chi connectivity index (χ4n) is 6.24. The van der Waals surface area contributed by atoms with E-state index in [0.29, 0.717) is 32.5 Å². The van der Waals surface area contributed by atoms with E-state index in [2.05, 4.69) is 4.90 Å². The molecule has 0 bridgehead atoms. The second-order valence-corrected chi connectivity index (χ2v) is 13.1. The van der Waals surface area contributed by atoms with E-state index < -0.39 is 30.4 Å². The molecular weight excluding hydrogens is 590 g/mol. The van der Waals surface area contributed by atoms with Gasteiger partial charge in [0.25, 0.3) is 0 Å². The zero-order chi connectivity index (χ0) is 33.2. The van der Waals surface area contributed by atoms with Crippen LogP contribution < -0.4 is 0 Å². The van der Waals surface area contributed by atoms with Crippen LogP contribution in [0, 0.1) is 11.8 Å². The highest BCUT2D eigenvalue weighted by molar-refractivity contribution is 5.71. The Hall–Kier alpha value is -3.41. The SMILES string of the molecule is C/C(=C\c1cccc(COC(=O)N2CCC[C@@H]2CO)c1)[C@H]1OC(=O)C[C@H](O)CC[C@H](C)[C@@H](OC(=O)N2CCN(C)CC2)/C=C/[C@@H]1C. The molecule has 2 N–H and O–H groups in total. The van der Waals surface area contributed by atoms with Crippen molar-refractivity contribution in [3.63, 3.8) is 0 Å². The van der Waals surface area contributed by atoms with E-state index in [-0.39, 0.29) is 43.6 Å². The number of rotatable bonds is 6. The molecule has 2 saturated heterocycles. The number of piperazine rings is 1. The number of aliphatic hydroxyl groups excluding tert-OH is 2. The van der Waals surface area contributed by atoms with E-state index in [1.54, 1.807) is 9.80 Å². The molecular formula is C35H51N3O8. The molecule has 0 radical (unpaired) electrons. The predicted octanol–water partition coefficient (Wildman–Crippen LogP) is 4.22. The lowest BCUT2D eigenvalue weighted by atomic mass is 9.91. The van der Waals surface area contributed by atoms with Crippen molar-refractivity contribution in [2.45, 2.75) is 83.8 Å². The van der Waals surface area contributed by atoms with Crippen molar-refractivity contribution in [2.24, 2.45) is 11.8 Å². The van der Waals surface area contributed by atoms with Crippen LogP contribution in [0.1, 0.15) is 64.0 Å². The summed E-state index contributed by atoms with van der Waals surface area (Å²) in [6, 6.07) is 7.40. The number of likely N-dealkylation sites (N-methyl/N-ethyl adjacent to an activating group) is 1. The van der Waals surface area contributed by atoms with Crippen LogP contribution in [-0.4, -0.2) is 114 Å². The third-order valence-corrected chi connectivity index (χ3v) is 9.24. The molecule has 0 aliphatic carbocycles. The van der Waals surface area contributed by atoms with Crippen LogP contribution in [0.4, 0.5) is 9.59 Å². The molecule has 0 aromatic heterocycles. The number of esters is 1. The first kappa shape index (κ1) is 35.4. The Kier molecular flexibility index (Phi) is 13.1. The number of hydrogen-bond acceptors (Lipinski definition) is 9. The van der Waals surface area contributed by atoms with Gasteiger partial charge in [-0.05, 0) is 74.4 Å². The summed E-state index contributed by atoms with van der Waals surface area (Å²) in [5.74, 6) is -0.782. The van der Waals surface area contributed by atoms with Gasteiger partial charge in [-0.25, -0.2) is 9.59 Å². The van der Waals surface area contributed by atoms with E-state index in [1.165, 1.54) is 0 Å². The summed E-state index contributed by atoms with van der Waals surface area (Å²) in [4.78, 5) is 44.0. The molecule has 3 aliphatic rings. The zero-order valence-electron chi connectivity index (χ0n) is 27.7. The van der Waals surface area contributed by atoms with Gasteiger partial charge in [0.2, 0.25) is 0 Å². The lowest BCUT2D eigenvalue weighted by Crippen LogP contribution is -2.48. The Bertz CT molecular complexity index is 1240. The molecule has 254 valence electrons. The normalized spacial score (nSPS) is 29.3. The molecule has 3 heterocycles. The van der Waals surface area contributed by atoms with Gasteiger partial charge in [-0.1, -0.05) is 44.2 Å². The Morgan fingerprint density at radius 1 is 1.04 bits per heavy atom. The lowest BCUT2D eigenvalue weighted by molar-refractivity contribution is -0.151. The van der Waals surface area contributed by atoms with Gasteiger partial charge in [-0.3, -0.25) is 4.79 Å². The largest absolute Gasteiger partial charge is 0.457 e. The van der Waals surface area contributed by atoms with E-state index in [0.717, 1.165) is 42.6 Å². The van der Waals surface area contributed by atoms with Gasteiger partial charge in [0.15, 0.2) is 0 Å². The maximum absolute atomic E-state index is 13.0. The van der Waals surface area contributed by atoms with Crippen molar-refractivity contribution >= 4 is 24.2 Å². The molecule has 11 heteroatoms. The Morgan fingerprint density at radius 2 is 1.80 bits per heavy atom.